The molecule has 1 N–H and O–H groups in total. The fourth-order valence-electron chi connectivity index (χ4n) is 3.59. The molecule has 2 aromatic heterocycles. The summed E-state index contributed by atoms with van der Waals surface area (Å²) >= 11 is 0. The summed E-state index contributed by atoms with van der Waals surface area (Å²) in [5.74, 6) is -0.150. The van der Waals surface area contributed by atoms with Crippen molar-refractivity contribution in [1.82, 2.24) is 30.3 Å². The molecule has 0 bridgehead atoms. The molecule has 1 aliphatic heterocycles. The Hall–Kier alpha value is -2.80. The number of rotatable bonds is 5. The maximum atomic E-state index is 12.7. The molecule has 1 fully saturated rings. The fraction of sp³-hybridized carbons (Fsp3) is 0.368. The van der Waals surface area contributed by atoms with Gasteiger partial charge in [0.2, 0.25) is 0 Å². The van der Waals surface area contributed by atoms with E-state index in [1.54, 1.807) is 18.3 Å². The number of fused-ring (bicyclic) bond motifs is 1. The van der Waals surface area contributed by atoms with Gasteiger partial charge in [-0.15, -0.1) is 5.10 Å². The molecule has 7 heteroatoms. The van der Waals surface area contributed by atoms with Crippen molar-refractivity contribution in [2.45, 2.75) is 25.3 Å². The van der Waals surface area contributed by atoms with E-state index in [1.807, 2.05) is 6.07 Å². The third-order valence-electron chi connectivity index (χ3n) is 4.94. The van der Waals surface area contributed by atoms with Gasteiger partial charge in [0, 0.05) is 12.7 Å². The average molecular weight is 350 g/mol. The number of piperidine rings is 1. The van der Waals surface area contributed by atoms with Crippen LogP contribution in [0.4, 0.5) is 0 Å². The molecule has 1 amide bonds. The van der Waals surface area contributed by atoms with Gasteiger partial charge >= 0.3 is 0 Å². The van der Waals surface area contributed by atoms with Gasteiger partial charge in [-0.05, 0) is 54.1 Å². The van der Waals surface area contributed by atoms with Crippen LogP contribution in [0.1, 0.15) is 41.2 Å². The molecule has 134 valence electrons. The Bertz CT molecular complexity index is 872. The van der Waals surface area contributed by atoms with Crippen molar-refractivity contribution in [1.29, 1.82) is 0 Å². The van der Waals surface area contributed by atoms with Crippen LogP contribution in [-0.2, 0) is 0 Å². The summed E-state index contributed by atoms with van der Waals surface area (Å²) in [5, 5.41) is 14.5. The number of amides is 1. The Kier molecular flexibility index (Phi) is 4.88. The van der Waals surface area contributed by atoms with Crippen LogP contribution in [0.3, 0.4) is 0 Å². The van der Waals surface area contributed by atoms with Crippen molar-refractivity contribution in [3.05, 3.63) is 59.8 Å². The fourth-order valence-corrected chi connectivity index (χ4v) is 3.59. The third-order valence-corrected chi connectivity index (χ3v) is 4.94. The molecule has 1 aromatic carbocycles. The van der Waals surface area contributed by atoms with Gasteiger partial charge in [-0.2, -0.15) is 4.52 Å². The second-order valence-electron chi connectivity index (χ2n) is 6.60. The lowest BCUT2D eigenvalue weighted by atomic mass is 10.0. The Morgan fingerprint density at radius 3 is 2.69 bits per heavy atom. The highest BCUT2D eigenvalue weighted by molar-refractivity contribution is 5.99. The van der Waals surface area contributed by atoms with Gasteiger partial charge < -0.3 is 5.32 Å². The van der Waals surface area contributed by atoms with E-state index < -0.39 is 0 Å². The number of hydrogen-bond donors (Lipinski definition) is 1. The zero-order valence-corrected chi connectivity index (χ0v) is 14.6. The topological polar surface area (TPSA) is 75.4 Å². The molecule has 0 aliphatic carbocycles. The Balaban J connectivity index is 1.52. The van der Waals surface area contributed by atoms with Crippen molar-refractivity contribution in [2.75, 3.05) is 19.6 Å². The second-order valence-corrected chi connectivity index (χ2v) is 6.60. The molecule has 1 saturated heterocycles. The highest BCUT2D eigenvalue weighted by atomic mass is 16.1. The predicted molar refractivity (Wildman–Crippen MR) is 97.7 cm³/mol. The molecule has 0 spiro atoms. The van der Waals surface area contributed by atoms with Gasteiger partial charge in [-0.25, -0.2) is 0 Å². The summed E-state index contributed by atoms with van der Waals surface area (Å²) < 4.78 is 1.51. The molecular formula is C19H22N6O. The minimum Gasteiger partial charge on any atom is -0.350 e. The lowest BCUT2D eigenvalue weighted by Gasteiger charge is -2.35. The number of tetrazole rings is 1. The van der Waals surface area contributed by atoms with Crippen molar-refractivity contribution in [3.8, 4) is 0 Å². The number of carbonyl (C=O) groups is 1. The van der Waals surface area contributed by atoms with E-state index in [2.05, 4.69) is 50.0 Å². The van der Waals surface area contributed by atoms with Crippen molar-refractivity contribution < 1.29 is 4.79 Å². The van der Waals surface area contributed by atoms with Crippen LogP contribution in [0, 0.1) is 0 Å². The predicted octanol–water partition coefficient (Wildman–Crippen LogP) is 2.08. The minimum absolute atomic E-state index is 0.150. The first-order valence-corrected chi connectivity index (χ1v) is 9.07. The van der Waals surface area contributed by atoms with E-state index in [-0.39, 0.29) is 11.9 Å². The number of nitrogens with one attached hydrogen (secondary N) is 1. The maximum absolute atomic E-state index is 12.7. The molecule has 0 unspecified atom stereocenters. The van der Waals surface area contributed by atoms with E-state index in [1.165, 1.54) is 29.3 Å². The largest absolute Gasteiger partial charge is 0.350 e. The second kappa shape index (κ2) is 7.61. The monoisotopic (exact) mass is 350 g/mol. The van der Waals surface area contributed by atoms with Gasteiger partial charge in [-0.3, -0.25) is 9.69 Å². The lowest BCUT2D eigenvalue weighted by molar-refractivity contribution is 0.0925. The number of carbonyl (C=O) groups excluding carboxylic acids is 1. The van der Waals surface area contributed by atoms with Crippen molar-refractivity contribution in [2.24, 2.45) is 0 Å². The van der Waals surface area contributed by atoms with Gasteiger partial charge in [0.25, 0.3) is 5.91 Å². The number of nitrogens with zero attached hydrogens (tertiary/aromatic N) is 5. The number of benzene rings is 1. The highest BCUT2D eigenvalue weighted by Gasteiger charge is 2.23. The first-order valence-electron chi connectivity index (χ1n) is 9.07. The molecule has 1 aliphatic rings. The number of pyridine rings is 1. The summed E-state index contributed by atoms with van der Waals surface area (Å²) in [4.78, 5) is 15.2. The molecule has 1 atom stereocenters. The standard InChI is InChI=1S/C19H22N6O/c26-19(16-10-7-13-25-18(16)21-22-23-25)20-14-17(15-8-3-1-4-9-15)24-11-5-2-6-12-24/h1,3-4,7-10,13,17H,2,5-6,11-12,14H2,(H,20,26)/t17-/m0/s1. The smallest absolute Gasteiger partial charge is 0.255 e. The van der Waals surface area contributed by atoms with E-state index in [0.29, 0.717) is 17.8 Å². The van der Waals surface area contributed by atoms with Crippen LogP contribution in [0.2, 0.25) is 0 Å². The zero-order chi connectivity index (χ0) is 17.8. The van der Waals surface area contributed by atoms with Gasteiger partial charge in [0.15, 0.2) is 5.65 Å². The first-order chi connectivity index (χ1) is 12.8. The average Bonchev–Trinajstić information content (AvgIpc) is 3.18. The Labute approximate surface area is 152 Å². The molecule has 3 heterocycles. The molecule has 4 rings (SSSR count). The number of hydrogen-bond acceptors (Lipinski definition) is 5. The van der Waals surface area contributed by atoms with Crippen LogP contribution < -0.4 is 5.32 Å². The normalized spacial score (nSPS) is 16.5. The van der Waals surface area contributed by atoms with Crippen LogP contribution >= 0.6 is 0 Å². The summed E-state index contributed by atoms with van der Waals surface area (Å²) in [6, 6.07) is 14.1. The molecule has 26 heavy (non-hydrogen) atoms. The summed E-state index contributed by atoms with van der Waals surface area (Å²) in [5.41, 5.74) is 2.19. The van der Waals surface area contributed by atoms with Crippen molar-refractivity contribution >= 4 is 11.6 Å². The van der Waals surface area contributed by atoms with Crippen LogP contribution in [-0.4, -0.2) is 50.5 Å². The number of aromatic nitrogens is 4. The summed E-state index contributed by atoms with van der Waals surface area (Å²) in [6.07, 6.45) is 5.43. The zero-order valence-electron chi connectivity index (χ0n) is 14.6. The van der Waals surface area contributed by atoms with Crippen molar-refractivity contribution in [3.63, 3.8) is 0 Å². The molecule has 0 saturated carbocycles. The van der Waals surface area contributed by atoms with Crippen LogP contribution in [0.5, 0.6) is 0 Å². The van der Waals surface area contributed by atoms with E-state index in [4.69, 9.17) is 0 Å². The van der Waals surface area contributed by atoms with E-state index in [0.717, 1.165) is 13.1 Å². The van der Waals surface area contributed by atoms with Gasteiger partial charge in [0.1, 0.15) is 0 Å². The molecular weight excluding hydrogens is 328 g/mol. The lowest BCUT2D eigenvalue weighted by Crippen LogP contribution is -2.40. The Morgan fingerprint density at radius 1 is 1.08 bits per heavy atom. The summed E-state index contributed by atoms with van der Waals surface area (Å²) in [7, 11) is 0. The quantitative estimate of drug-likeness (QED) is 0.762. The van der Waals surface area contributed by atoms with Gasteiger partial charge in [-0.1, -0.05) is 36.8 Å². The Morgan fingerprint density at radius 2 is 1.88 bits per heavy atom. The molecule has 0 radical (unpaired) electrons. The first kappa shape index (κ1) is 16.7. The van der Waals surface area contributed by atoms with Crippen LogP contribution in [0.25, 0.3) is 5.65 Å². The van der Waals surface area contributed by atoms with Gasteiger partial charge in [0.05, 0.1) is 11.6 Å². The molecule has 7 nitrogen and oxygen atoms in total. The highest BCUT2D eigenvalue weighted by Crippen LogP contribution is 2.24. The minimum atomic E-state index is -0.150. The molecule has 3 aromatic rings. The summed E-state index contributed by atoms with van der Waals surface area (Å²) in [6.45, 7) is 2.70. The van der Waals surface area contributed by atoms with Crippen LogP contribution in [0.15, 0.2) is 48.7 Å². The van der Waals surface area contributed by atoms with E-state index >= 15 is 0 Å². The number of likely N-dealkylation sites (tertiary alicyclic amines) is 1. The maximum Gasteiger partial charge on any atom is 0.255 e. The van der Waals surface area contributed by atoms with E-state index in [9.17, 15) is 4.79 Å². The SMILES string of the molecule is O=C(NC[C@@H](c1ccccc1)N1CCCCC1)c1cccn2nnnc12. The third kappa shape index (κ3) is 3.43.